The van der Waals surface area contributed by atoms with Crippen molar-refractivity contribution in [3.63, 3.8) is 0 Å². The first-order chi connectivity index (χ1) is 14.0. The van der Waals surface area contributed by atoms with Crippen LogP contribution < -0.4 is 10.6 Å². The van der Waals surface area contributed by atoms with Gasteiger partial charge in [0.2, 0.25) is 11.8 Å². The minimum absolute atomic E-state index is 0.103. The molecule has 3 rings (SSSR count). The maximum atomic E-state index is 12.4. The third-order valence-corrected chi connectivity index (χ3v) is 5.51. The van der Waals surface area contributed by atoms with Crippen LogP contribution in [0.5, 0.6) is 0 Å². The number of pyridine rings is 1. The van der Waals surface area contributed by atoms with E-state index in [-0.39, 0.29) is 18.4 Å². The number of nitrogens with one attached hydrogen (secondary N) is 2. The van der Waals surface area contributed by atoms with E-state index in [0.717, 1.165) is 41.9 Å². The molecular weight excluding hydrogens is 364 g/mol. The largest absolute Gasteiger partial charge is 0.346 e. The second-order valence-corrected chi connectivity index (χ2v) is 7.76. The van der Waals surface area contributed by atoms with Crippen molar-refractivity contribution in [2.24, 2.45) is 5.92 Å². The molecule has 1 aliphatic heterocycles. The zero-order chi connectivity index (χ0) is 20.8. The maximum absolute atomic E-state index is 12.4. The monoisotopic (exact) mass is 394 g/mol. The van der Waals surface area contributed by atoms with Gasteiger partial charge in [-0.3, -0.25) is 14.6 Å². The number of carbonyl (C=O) groups is 2. The number of rotatable bonds is 7. The van der Waals surface area contributed by atoms with Crippen LogP contribution in [-0.2, 0) is 16.0 Å². The Bertz CT molecular complexity index is 881. The fourth-order valence-electron chi connectivity index (χ4n) is 3.55. The van der Waals surface area contributed by atoms with Crippen LogP contribution in [0.3, 0.4) is 0 Å². The van der Waals surface area contributed by atoms with Gasteiger partial charge in [-0.1, -0.05) is 31.2 Å². The number of hydrogen-bond donors (Lipinski definition) is 2. The Morgan fingerprint density at radius 2 is 2.10 bits per heavy atom. The lowest BCUT2D eigenvalue weighted by Crippen LogP contribution is -2.40. The highest BCUT2D eigenvalue weighted by molar-refractivity contribution is 5.93. The van der Waals surface area contributed by atoms with Crippen molar-refractivity contribution < 1.29 is 9.59 Å². The fourth-order valence-corrected chi connectivity index (χ4v) is 3.55. The molecule has 0 bridgehead atoms. The summed E-state index contributed by atoms with van der Waals surface area (Å²) >= 11 is 0. The van der Waals surface area contributed by atoms with Gasteiger partial charge in [-0.15, -0.1) is 0 Å². The summed E-state index contributed by atoms with van der Waals surface area (Å²) in [6.45, 7) is 5.70. The molecular formula is C23H30N4O2. The van der Waals surface area contributed by atoms with Crippen LogP contribution in [0.1, 0.15) is 31.0 Å². The molecule has 154 valence electrons. The molecule has 1 aromatic heterocycles. The molecule has 2 N–H and O–H groups in total. The lowest BCUT2D eigenvalue weighted by atomic mass is 9.96. The molecule has 0 spiro atoms. The summed E-state index contributed by atoms with van der Waals surface area (Å²) in [6.07, 6.45) is 4.34. The molecule has 2 aromatic rings. The summed E-state index contributed by atoms with van der Waals surface area (Å²) in [5.41, 5.74) is 4.86. The molecule has 29 heavy (non-hydrogen) atoms. The Hall–Kier alpha value is -2.73. The Morgan fingerprint density at radius 1 is 1.28 bits per heavy atom. The quantitative estimate of drug-likeness (QED) is 0.757. The van der Waals surface area contributed by atoms with Crippen LogP contribution in [0.15, 0.2) is 36.5 Å². The van der Waals surface area contributed by atoms with Crippen molar-refractivity contribution in [1.29, 1.82) is 0 Å². The highest BCUT2D eigenvalue weighted by Gasteiger charge is 2.22. The van der Waals surface area contributed by atoms with Crippen LogP contribution in [0.2, 0.25) is 0 Å². The molecule has 1 atom stereocenters. The molecule has 0 saturated carbocycles. The standard InChI is InChI=1S/C23H30N4O2/c1-4-17-6-5-7-19(10-17)20-12-21(16(2)25-14-20)26-22(28)15-24-13-18-8-9-27(3)23(29)11-18/h5-7,10,12,14,18,24H,4,8-9,11,13,15H2,1-3H3,(H,26,28). The van der Waals surface area contributed by atoms with Crippen molar-refractivity contribution in [1.82, 2.24) is 15.2 Å². The van der Waals surface area contributed by atoms with E-state index in [9.17, 15) is 9.59 Å². The Balaban J connectivity index is 1.56. The first-order valence-electron chi connectivity index (χ1n) is 10.3. The van der Waals surface area contributed by atoms with Crippen molar-refractivity contribution in [3.05, 3.63) is 47.8 Å². The lowest BCUT2D eigenvalue weighted by Gasteiger charge is -2.28. The van der Waals surface area contributed by atoms with Gasteiger partial charge in [0.15, 0.2) is 0 Å². The number of likely N-dealkylation sites (tertiary alicyclic amines) is 1. The van der Waals surface area contributed by atoms with Gasteiger partial charge < -0.3 is 15.5 Å². The van der Waals surface area contributed by atoms with Crippen molar-refractivity contribution in [2.75, 3.05) is 32.0 Å². The molecule has 2 amide bonds. The van der Waals surface area contributed by atoms with Crippen LogP contribution in [0.25, 0.3) is 11.1 Å². The second kappa shape index (κ2) is 9.65. The van der Waals surface area contributed by atoms with E-state index in [0.29, 0.717) is 18.9 Å². The average Bonchev–Trinajstić information content (AvgIpc) is 2.72. The molecule has 0 aliphatic carbocycles. The van der Waals surface area contributed by atoms with Gasteiger partial charge in [0.25, 0.3) is 0 Å². The van der Waals surface area contributed by atoms with Crippen LogP contribution in [0, 0.1) is 12.8 Å². The summed E-state index contributed by atoms with van der Waals surface area (Å²) < 4.78 is 0. The number of piperidine rings is 1. The van der Waals surface area contributed by atoms with E-state index in [4.69, 9.17) is 0 Å². The summed E-state index contributed by atoms with van der Waals surface area (Å²) in [5, 5.41) is 6.15. The van der Waals surface area contributed by atoms with Crippen LogP contribution in [0.4, 0.5) is 5.69 Å². The van der Waals surface area contributed by atoms with Gasteiger partial charge in [-0.2, -0.15) is 0 Å². The third-order valence-electron chi connectivity index (χ3n) is 5.51. The summed E-state index contributed by atoms with van der Waals surface area (Å²) in [7, 11) is 1.84. The molecule has 0 radical (unpaired) electrons. The lowest BCUT2D eigenvalue weighted by molar-refractivity contribution is -0.133. The van der Waals surface area contributed by atoms with Gasteiger partial charge in [0.05, 0.1) is 17.9 Å². The molecule has 1 aromatic carbocycles. The minimum Gasteiger partial charge on any atom is -0.346 e. The third kappa shape index (κ3) is 5.64. The molecule has 1 aliphatic rings. The summed E-state index contributed by atoms with van der Waals surface area (Å²) in [5.74, 6) is 0.371. The van der Waals surface area contributed by atoms with Crippen molar-refractivity contribution in [2.45, 2.75) is 33.1 Å². The predicted octanol–water partition coefficient (Wildman–Crippen LogP) is 3.02. The summed E-state index contributed by atoms with van der Waals surface area (Å²) in [4.78, 5) is 30.4. The van der Waals surface area contributed by atoms with Crippen LogP contribution in [-0.4, -0.2) is 48.4 Å². The van der Waals surface area contributed by atoms with Gasteiger partial charge >= 0.3 is 0 Å². The smallest absolute Gasteiger partial charge is 0.238 e. The molecule has 6 nitrogen and oxygen atoms in total. The Morgan fingerprint density at radius 3 is 2.86 bits per heavy atom. The molecule has 1 fully saturated rings. The van der Waals surface area contributed by atoms with Gasteiger partial charge in [-0.05, 0) is 49.4 Å². The van der Waals surface area contributed by atoms with E-state index >= 15 is 0 Å². The van der Waals surface area contributed by atoms with Gasteiger partial charge in [0, 0.05) is 31.8 Å². The minimum atomic E-state index is -0.103. The van der Waals surface area contributed by atoms with E-state index in [1.807, 2.05) is 32.3 Å². The number of amides is 2. The first kappa shape index (κ1) is 21.0. The Labute approximate surface area is 172 Å². The normalized spacial score (nSPS) is 16.7. The average molecular weight is 395 g/mol. The van der Waals surface area contributed by atoms with E-state index in [1.54, 1.807) is 4.90 Å². The van der Waals surface area contributed by atoms with Gasteiger partial charge in [0.1, 0.15) is 0 Å². The number of aryl methyl sites for hydroxylation is 2. The van der Waals surface area contributed by atoms with Crippen molar-refractivity contribution >= 4 is 17.5 Å². The molecule has 2 heterocycles. The molecule has 6 heteroatoms. The number of anilines is 1. The topological polar surface area (TPSA) is 74.3 Å². The van der Waals surface area contributed by atoms with Crippen LogP contribution >= 0.6 is 0 Å². The maximum Gasteiger partial charge on any atom is 0.238 e. The number of carbonyl (C=O) groups excluding carboxylic acids is 2. The first-order valence-corrected chi connectivity index (χ1v) is 10.3. The number of hydrogen-bond acceptors (Lipinski definition) is 4. The second-order valence-electron chi connectivity index (χ2n) is 7.76. The summed E-state index contributed by atoms with van der Waals surface area (Å²) in [6, 6.07) is 10.3. The van der Waals surface area contributed by atoms with Crippen molar-refractivity contribution in [3.8, 4) is 11.1 Å². The predicted molar refractivity (Wildman–Crippen MR) is 116 cm³/mol. The fraction of sp³-hybridized carbons (Fsp3) is 0.435. The van der Waals surface area contributed by atoms with Gasteiger partial charge in [-0.25, -0.2) is 0 Å². The number of aromatic nitrogens is 1. The zero-order valence-electron chi connectivity index (χ0n) is 17.5. The molecule has 1 saturated heterocycles. The SMILES string of the molecule is CCc1cccc(-c2cnc(C)c(NC(=O)CNCC3CCN(C)C(=O)C3)c2)c1. The van der Waals surface area contributed by atoms with E-state index < -0.39 is 0 Å². The number of benzene rings is 1. The molecule has 1 unspecified atom stereocenters. The highest BCUT2D eigenvalue weighted by Crippen LogP contribution is 2.24. The zero-order valence-corrected chi connectivity index (χ0v) is 17.5. The Kier molecular flexibility index (Phi) is 6.99. The van der Waals surface area contributed by atoms with E-state index in [1.165, 1.54) is 5.56 Å². The number of nitrogens with zero attached hydrogens (tertiary/aromatic N) is 2. The highest BCUT2D eigenvalue weighted by atomic mass is 16.2. The van der Waals surface area contributed by atoms with E-state index in [2.05, 4.69) is 40.7 Å².